The van der Waals surface area contributed by atoms with Crippen molar-refractivity contribution in [3.8, 4) is 5.75 Å². The van der Waals surface area contributed by atoms with Gasteiger partial charge >= 0.3 is 0 Å². The van der Waals surface area contributed by atoms with Gasteiger partial charge < -0.3 is 10.2 Å². The van der Waals surface area contributed by atoms with Gasteiger partial charge in [-0.2, -0.15) is 0 Å². The zero-order chi connectivity index (χ0) is 10.8. The number of rotatable bonds is 2. The summed E-state index contributed by atoms with van der Waals surface area (Å²) in [6.45, 7) is 6.39. The van der Waals surface area contributed by atoms with Gasteiger partial charge in [0.1, 0.15) is 5.75 Å². The number of hydrogen-bond acceptors (Lipinski definition) is 2. The minimum atomic E-state index is -0.107. The quantitative estimate of drug-likeness (QED) is 0.759. The molecule has 0 bridgehead atoms. The number of benzene rings is 1. The molecule has 0 aliphatic rings. The van der Waals surface area contributed by atoms with Crippen molar-refractivity contribution < 1.29 is 10.2 Å². The molecule has 2 nitrogen and oxygen atoms in total. The van der Waals surface area contributed by atoms with Crippen molar-refractivity contribution in [3.05, 3.63) is 29.3 Å². The monoisotopic (exact) mass is 194 g/mol. The fourth-order valence-corrected chi connectivity index (χ4v) is 1.49. The summed E-state index contributed by atoms with van der Waals surface area (Å²) in [6, 6.07) is 5.41. The van der Waals surface area contributed by atoms with Crippen molar-refractivity contribution >= 4 is 0 Å². The molecule has 0 aliphatic carbocycles. The normalized spacial score (nSPS) is 11.7. The maximum Gasteiger partial charge on any atom is 0.121 e. The van der Waals surface area contributed by atoms with Crippen LogP contribution in [0.1, 0.15) is 31.9 Å². The van der Waals surface area contributed by atoms with E-state index in [4.69, 9.17) is 5.11 Å². The number of aliphatic hydroxyl groups is 1. The fourth-order valence-electron chi connectivity index (χ4n) is 1.49. The van der Waals surface area contributed by atoms with Crippen molar-refractivity contribution in [2.45, 2.75) is 33.8 Å². The summed E-state index contributed by atoms with van der Waals surface area (Å²) in [5.41, 5.74) is 1.98. The predicted molar refractivity (Wildman–Crippen MR) is 57.2 cm³/mol. The van der Waals surface area contributed by atoms with E-state index < -0.39 is 0 Å². The average molecular weight is 194 g/mol. The molecule has 1 rings (SSSR count). The fraction of sp³-hybridized carbons (Fsp3) is 0.500. The van der Waals surface area contributed by atoms with Crippen molar-refractivity contribution in [1.82, 2.24) is 0 Å². The molecule has 0 radical (unpaired) electrons. The third kappa shape index (κ3) is 3.04. The van der Waals surface area contributed by atoms with Crippen LogP contribution in [0.2, 0.25) is 0 Å². The van der Waals surface area contributed by atoms with Gasteiger partial charge in [0, 0.05) is 5.56 Å². The van der Waals surface area contributed by atoms with Gasteiger partial charge in [-0.05, 0) is 29.5 Å². The second kappa shape index (κ2) is 4.01. The molecule has 78 valence electrons. The third-order valence-electron chi connectivity index (χ3n) is 2.05. The van der Waals surface area contributed by atoms with Gasteiger partial charge in [0.15, 0.2) is 0 Å². The average Bonchev–Trinajstić information content (AvgIpc) is 2.06. The van der Waals surface area contributed by atoms with E-state index in [1.54, 1.807) is 6.07 Å². The predicted octanol–water partition coefficient (Wildman–Crippen LogP) is 2.47. The Kier molecular flexibility index (Phi) is 3.17. The Bertz CT molecular complexity index is 311. The molecule has 2 N–H and O–H groups in total. The Balaban J connectivity index is 2.90. The lowest BCUT2D eigenvalue weighted by atomic mass is 9.87. The van der Waals surface area contributed by atoms with Crippen molar-refractivity contribution in [2.24, 2.45) is 5.41 Å². The van der Waals surface area contributed by atoms with E-state index >= 15 is 0 Å². The zero-order valence-electron chi connectivity index (χ0n) is 9.04. The van der Waals surface area contributed by atoms with Gasteiger partial charge in [0.25, 0.3) is 0 Å². The van der Waals surface area contributed by atoms with Crippen LogP contribution in [0.3, 0.4) is 0 Å². The summed E-state index contributed by atoms with van der Waals surface area (Å²) in [6.07, 6.45) is 0.945. The Morgan fingerprint density at radius 3 is 2.36 bits per heavy atom. The summed E-state index contributed by atoms with van der Waals surface area (Å²) in [5.74, 6) is 0.171. The molecular formula is C12H18O2. The van der Waals surface area contributed by atoms with Gasteiger partial charge in [-0.15, -0.1) is 0 Å². The molecule has 0 unspecified atom stereocenters. The lowest BCUT2D eigenvalue weighted by molar-refractivity contribution is 0.275. The molecule has 1 aromatic rings. The van der Waals surface area contributed by atoms with Crippen LogP contribution < -0.4 is 0 Å². The second-order valence-corrected chi connectivity index (χ2v) is 4.86. The highest BCUT2D eigenvalue weighted by molar-refractivity contribution is 5.35. The largest absolute Gasteiger partial charge is 0.508 e. The van der Waals surface area contributed by atoms with E-state index in [1.807, 2.05) is 12.1 Å². The number of aliphatic hydroxyl groups excluding tert-OH is 1. The molecule has 0 aliphatic heterocycles. The molecule has 0 amide bonds. The van der Waals surface area contributed by atoms with Gasteiger partial charge in [0.05, 0.1) is 6.61 Å². The van der Waals surface area contributed by atoms with Crippen LogP contribution in [0.15, 0.2) is 18.2 Å². The second-order valence-electron chi connectivity index (χ2n) is 4.86. The van der Waals surface area contributed by atoms with Crippen LogP contribution in [0.25, 0.3) is 0 Å². The Labute approximate surface area is 85.2 Å². The van der Waals surface area contributed by atoms with E-state index in [9.17, 15) is 5.11 Å². The Morgan fingerprint density at radius 2 is 1.86 bits per heavy atom. The molecule has 1 aromatic carbocycles. The van der Waals surface area contributed by atoms with E-state index in [1.165, 1.54) is 0 Å². The van der Waals surface area contributed by atoms with Crippen LogP contribution in [0.4, 0.5) is 0 Å². The highest BCUT2D eigenvalue weighted by Gasteiger charge is 2.12. The van der Waals surface area contributed by atoms with Gasteiger partial charge in [-0.3, -0.25) is 0 Å². The highest BCUT2D eigenvalue weighted by atomic mass is 16.3. The molecule has 0 saturated carbocycles. The molecule has 0 saturated heterocycles. The topological polar surface area (TPSA) is 40.5 Å². The Hall–Kier alpha value is -1.02. The summed E-state index contributed by atoms with van der Waals surface area (Å²) in [4.78, 5) is 0. The molecule has 14 heavy (non-hydrogen) atoms. The van der Waals surface area contributed by atoms with E-state index in [0.29, 0.717) is 5.56 Å². The SMILES string of the molecule is CC(C)(C)Cc1ccc(O)c(CO)c1. The summed E-state index contributed by atoms with van der Waals surface area (Å²) < 4.78 is 0. The van der Waals surface area contributed by atoms with Gasteiger partial charge in [0.2, 0.25) is 0 Å². The summed E-state index contributed by atoms with van der Waals surface area (Å²) in [7, 11) is 0. The van der Waals surface area contributed by atoms with Gasteiger partial charge in [-0.1, -0.05) is 26.8 Å². The zero-order valence-corrected chi connectivity index (χ0v) is 9.04. The molecule has 2 heteroatoms. The first-order chi connectivity index (χ1) is 6.42. The minimum absolute atomic E-state index is 0.107. The minimum Gasteiger partial charge on any atom is -0.508 e. The maximum absolute atomic E-state index is 9.37. The van der Waals surface area contributed by atoms with Crippen LogP contribution in [0, 0.1) is 5.41 Å². The molecule has 0 aromatic heterocycles. The number of hydrogen-bond donors (Lipinski definition) is 2. The molecular weight excluding hydrogens is 176 g/mol. The first-order valence-corrected chi connectivity index (χ1v) is 4.84. The summed E-state index contributed by atoms with van der Waals surface area (Å²) in [5, 5.41) is 18.4. The molecule has 0 atom stereocenters. The third-order valence-corrected chi connectivity index (χ3v) is 2.05. The summed E-state index contributed by atoms with van der Waals surface area (Å²) >= 11 is 0. The van der Waals surface area contributed by atoms with Crippen molar-refractivity contribution in [1.29, 1.82) is 0 Å². The lowest BCUT2D eigenvalue weighted by Crippen LogP contribution is -2.09. The molecule has 0 spiro atoms. The van der Waals surface area contributed by atoms with Crippen LogP contribution >= 0.6 is 0 Å². The van der Waals surface area contributed by atoms with Crippen LogP contribution in [-0.4, -0.2) is 10.2 Å². The van der Waals surface area contributed by atoms with E-state index in [-0.39, 0.29) is 17.8 Å². The first kappa shape index (κ1) is 11.1. The standard InChI is InChI=1S/C12H18O2/c1-12(2,3)7-9-4-5-11(14)10(6-9)8-13/h4-6,13-14H,7-8H2,1-3H3. The van der Waals surface area contributed by atoms with E-state index in [2.05, 4.69) is 20.8 Å². The molecule has 0 heterocycles. The van der Waals surface area contributed by atoms with Crippen molar-refractivity contribution in [2.75, 3.05) is 0 Å². The number of phenols is 1. The number of aromatic hydroxyl groups is 1. The van der Waals surface area contributed by atoms with Crippen LogP contribution in [-0.2, 0) is 13.0 Å². The first-order valence-electron chi connectivity index (χ1n) is 4.84. The van der Waals surface area contributed by atoms with E-state index in [0.717, 1.165) is 12.0 Å². The maximum atomic E-state index is 9.37. The Morgan fingerprint density at radius 1 is 1.21 bits per heavy atom. The smallest absolute Gasteiger partial charge is 0.121 e. The van der Waals surface area contributed by atoms with Crippen molar-refractivity contribution in [3.63, 3.8) is 0 Å². The van der Waals surface area contributed by atoms with Gasteiger partial charge in [-0.25, -0.2) is 0 Å². The lowest BCUT2D eigenvalue weighted by Gasteiger charge is -2.18. The molecule has 0 fully saturated rings. The highest BCUT2D eigenvalue weighted by Crippen LogP contribution is 2.24. The van der Waals surface area contributed by atoms with Crippen LogP contribution in [0.5, 0.6) is 5.75 Å².